The molecule has 1 atom stereocenters. The molecule has 0 spiro atoms. The van der Waals surface area contributed by atoms with Gasteiger partial charge in [-0.05, 0) is 51.5 Å². The van der Waals surface area contributed by atoms with Crippen molar-refractivity contribution in [2.75, 3.05) is 18.4 Å². The zero-order valence-electron chi connectivity index (χ0n) is 22.3. The highest BCUT2D eigenvalue weighted by Gasteiger charge is 2.45. The highest BCUT2D eigenvalue weighted by atomic mass is 19.2. The number of imidazole rings is 1. The lowest BCUT2D eigenvalue weighted by Gasteiger charge is -2.21. The number of fused-ring (bicyclic) bond motifs is 2. The second kappa shape index (κ2) is 9.54. The van der Waals surface area contributed by atoms with E-state index in [0.717, 1.165) is 6.07 Å². The summed E-state index contributed by atoms with van der Waals surface area (Å²) in [6.07, 6.45) is 1.44. The third-order valence-electron chi connectivity index (χ3n) is 7.50. The van der Waals surface area contributed by atoms with Gasteiger partial charge in [-0.25, -0.2) is 28.1 Å². The van der Waals surface area contributed by atoms with Crippen LogP contribution in [0.1, 0.15) is 47.6 Å². The second-order valence-corrected chi connectivity index (χ2v) is 10.6. The third kappa shape index (κ3) is 4.27. The summed E-state index contributed by atoms with van der Waals surface area (Å²) >= 11 is 0. The van der Waals surface area contributed by atoms with Crippen LogP contribution in [0.5, 0.6) is 5.75 Å². The van der Waals surface area contributed by atoms with Crippen molar-refractivity contribution in [3.63, 3.8) is 0 Å². The van der Waals surface area contributed by atoms with E-state index in [1.807, 2.05) is 0 Å². The number of halogens is 3. The number of benzene rings is 1. The molecule has 4 aromatic rings. The average Bonchev–Trinajstić information content (AvgIpc) is 3.58. The smallest absolute Gasteiger partial charge is 0.273 e. The van der Waals surface area contributed by atoms with Gasteiger partial charge in [-0.3, -0.25) is 14.0 Å². The molecule has 3 aromatic heterocycles. The lowest BCUT2D eigenvalue weighted by Crippen LogP contribution is -2.34. The van der Waals surface area contributed by atoms with Gasteiger partial charge in [0.05, 0.1) is 22.8 Å². The number of carbonyl (C=O) groups excluding carboxylic acids is 2. The quantitative estimate of drug-likeness (QED) is 0.355. The topological polar surface area (TPSA) is 122 Å². The van der Waals surface area contributed by atoms with Crippen LogP contribution in [0.15, 0.2) is 30.5 Å². The standard InChI is InChI=1S/C28H25F3N6O4/c1-13-22(37-9-4-5-18(25(37)32-13)41-12-15-16(29)6-7-17(30)20(15)31)24-33-21(26(39)36-10-8-14(38)11-36)19-23(34-24)35-27(40)28(19,2)3/h4-7,9,14,38H,8,10-12H2,1-3H3,(H,33,34,35,40). The minimum atomic E-state index is -1.34. The van der Waals surface area contributed by atoms with E-state index in [1.165, 1.54) is 4.90 Å². The fourth-order valence-electron chi connectivity index (χ4n) is 5.25. The van der Waals surface area contributed by atoms with Crippen molar-refractivity contribution in [2.45, 2.75) is 45.3 Å². The number of aliphatic hydroxyl groups excluding tert-OH is 1. The summed E-state index contributed by atoms with van der Waals surface area (Å²) < 4.78 is 49.3. The largest absolute Gasteiger partial charge is 0.485 e. The third-order valence-corrected chi connectivity index (χ3v) is 7.50. The van der Waals surface area contributed by atoms with Crippen LogP contribution in [0.4, 0.5) is 19.0 Å². The molecule has 1 unspecified atom stereocenters. The molecule has 10 nitrogen and oxygen atoms in total. The number of ether oxygens (including phenoxy) is 1. The average molecular weight is 567 g/mol. The van der Waals surface area contributed by atoms with Gasteiger partial charge in [0.1, 0.15) is 29.6 Å². The molecule has 2 amide bonds. The molecule has 0 radical (unpaired) electrons. The molecule has 212 valence electrons. The van der Waals surface area contributed by atoms with Crippen molar-refractivity contribution in [2.24, 2.45) is 0 Å². The van der Waals surface area contributed by atoms with Gasteiger partial charge in [0.25, 0.3) is 5.91 Å². The van der Waals surface area contributed by atoms with Crippen molar-refractivity contribution >= 4 is 23.3 Å². The Bertz CT molecular complexity index is 1750. The predicted molar refractivity (Wildman–Crippen MR) is 140 cm³/mol. The van der Waals surface area contributed by atoms with E-state index in [1.54, 1.807) is 43.5 Å². The number of anilines is 1. The summed E-state index contributed by atoms with van der Waals surface area (Å²) in [5.41, 5.74) is -0.122. The van der Waals surface area contributed by atoms with E-state index >= 15 is 0 Å². The number of pyridine rings is 1. The SMILES string of the molecule is Cc1nc2c(OCc3c(F)ccc(F)c3F)cccn2c1-c1nc2c(c(C(=O)N3CCC(O)C3)n1)C(C)(C)C(=O)N2. The maximum absolute atomic E-state index is 14.2. The van der Waals surface area contributed by atoms with Crippen molar-refractivity contribution in [1.29, 1.82) is 0 Å². The number of likely N-dealkylation sites (tertiary alicyclic amines) is 1. The molecule has 2 N–H and O–H groups in total. The van der Waals surface area contributed by atoms with Crippen LogP contribution in [0.25, 0.3) is 17.2 Å². The summed E-state index contributed by atoms with van der Waals surface area (Å²) in [7, 11) is 0. The molecule has 5 heterocycles. The number of aryl methyl sites for hydroxylation is 1. The Labute approximate surface area is 231 Å². The molecule has 0 saturated carbocycles. The van der Waals surface area contributed by atoms with E-state index in [-0.39, 0.29) is 41.2 Å². The van der Waals surface area contributed by atoms with Crippen molar-refractivity contribution < 1.29 is 32.6 Å². The van der Waals surface area contributed by atoms with Gasteiger partial charge in [0.2, 0.25) is 5.91 Å². The Morgan fingerprint density at radius 3 is 2.66 bits per heavy atom. The Morgan fingerprint density at radius 1 is 1.17 bits per heavy atom. The summed E-state index contributed by atoms with van der Waals surface area (Å²) in [6.45, 7) is 4.96. The van der Waals surface area contributed by atoms with Crippen molar-refractivity contribution in [3.05, 3.63) is 70.4 Å². The number of hydrogen-bond acceptors (Lipinski definition) is 7. The van der Waals surface area contributed by atoms with Crippen LogP contribution in [0, 0.1) is 24.4 Å². The van der Waals surface area contributed by atoms with Gasteiger partial charge in [-0.1, -0.05) is 0 Å². The maximum Gasteiger partial charge on any atom is 0.273 e. The van der Waals surface area contributed by atoms with E-state index in [2.05, 4.69) is 20.3 Å². The number of carbonyl (C=O) groups is 2. The molecular formula is C28H25F3N6O4. The fourth-order valence-corrected chi connectivity index (χ4v) is 5.25. The lowest BCUT2D eigenvalue weighted by atomic mass is 9.85. The van der Waals surface area contributed by atoms with Crippen LogP contribution in [-0.4, -0.2) is 60.4 Å². The van der Waals surface area contributed by atoms with Crippen molar-refractivity contribution in [3.8, 4) is 17.3 Å². The number of nitrogens with zero attached hydrogens (tertiary/aromatic N) is 5. The highest BCUT2D eigenvalue weighted by Crippen LogP contribution is 2.40. The summed E-state index contributed by atoms with van der Waals surface area (Å²) in [5, 5.41) is 12.8. The van der Waals surface area contributed by atoms with Gasteiger partial charge < -0.3 is 20.1 Å². The zero-order valence-corrected chi connectivity index (χ0v) is 22.3. The van der Waals surface area contributed by atoms with E-state index in [0.29, 0.717) is 36.0 Å². The number of β-amino-alcohol motifs (C(OH)–C–C–N with tert-alkyl or cyclic N) is 1. The molecular weight excluding hydrogens is 541 g/mol. The van der Waals surface area contributed by atoms with Crippen LogP contribution in [-0.2, 0) is 16.8 Å². The van der Waals surface area contributed by atoms with E-state index < -0.39 is 47.0 Å². The minimum absolute atomic E-state index is 0.0428. The molecule has 1 aromatic carbocycles. The minimum Gasteiger partial charge on any atom is -0.485 e. The lowest BCUT2D eigenvalue weighted by molar-refractivity contribution is -0.119. The Hall–Kier alpha value is -4.52. The number of rotatable bonds is 5. The Kier molecular flexibility index (Phi) is 6.21. The summed E-state index contributed by atoms with van der Waals surface area (Å²) in [4.78, 5) is 41.7. The van der Waals surface area contributed by atoms with Gasteiger partial charge in [0, 0.05) is 24.8 Å². The van der Waals surface area contributed by atoms with Gasteiger partial charge in [0.15, 0.2) is 28.9 Å². The molecule has 0 aliphatic carbocycles. The van der Waals surface area contributed by atoms with Crippen molar-refractivity contribution in [1.82, 2.24) is 24.3 Å². The first kappa shape index (κ1) is 26.7. The van der Waals surface area contributed by atoms with E-state index in [4.69, 9.17) is 4.74 Å². The summed E-state index contributed by atoms with van der Waals surface area (Å²) in [5.74, 6) is -3.78. The first-order chi connectivity index (χ1) is 19.5. The van der Waals surface area contributed by atoms with Crippen LogP contribution in [0.3, 0.4) is 0 Å². The number of hydrogen-bond donors (Lipinski definition) is 2. The molecule has 13 heteroatoms. The maximum atomic E-state index is 14.2. The van der Waals surface area contributed by atoms with Gasteiger partial charge in [-0.15, -0.1) is 0 Å². The van der Waals surface area contributed by atoms with Crippen LogP contribution >= 0.6 is 0 Å². The molecule has 1 fully saturated rings. The molecule has 6 rings (SSSR count). The van der Waals surface area contributed by atoms with E-state index in [9.17, 15) is 27.9 Å². The molecule has 2 aliphatic heterocycles. The highest BCUT2D eigenvalue weighted by molar-refractivity contribution is 6.09. The van der Waals surface area contributed by atoms with Crippen LogP contribution < -0.4 is 10.1 Å². The van der Waals surface area contributed by atoms with Gasteiger partial charge >= 0.3 is 0 Å². The van der Waals surface area contributed by atoms with Gasteiger partial charge in [-0.2, -0.15) is 0 Å². The second-order valence-electron chi connectivity index (χ2n) is 10.6. The molecule has 1 saturated heterocycles. The first-order valence-electron chi connectivity index (χ1n) is 12.9. The normalized spacial score (nSPS) is 17.7. The number of aromatic nitrogens is 4. The molecule has 0 bridgehead atoms. The molecule has 41 heavy (non-hydrogen) atoms. The Balaban J connectivity index is 1.44. The number of aliphatic hydroxyl groups is 1. The number of nitrogens with one attached hydrogen (secondary N) is 1. The van der Waals surface area contributed by atoms with Crippen LogP contribution in [0.2, 0.25) is 0 Å². The monoisotopic (exact) mass is 566 g/mol. The Morgan fingerprint density at radius 2 is 1.93 bits per heavy atom. The fraction of sp³-hybridized carbons (Fsp3) is 0.321. The first-order valence-corrected chi connectivity index (χ1v) is 12.9. The molecule has 2 aliphatic rings. The number of amides is 2. The predicted octanol–water partition coefficient (Wildman–Crippen LogP) is 3.53. The zero-order chi connectivity index (χ0) is 29.2. The summed E-state index contributed by atoms with van der Waals surface area (Å²) in [6, 6.07) is 4.67.